The van der Waals surface area contributed by atoms with E-state index in [1.165, 1.54) is 0 Å². The van der Waals surface area contributed by atoms with Gasteiger partial charge in [-0.25, -0.2) is 0 Å². The number of nitrogens with zero attached hydrogens (tertiary/aromatic N) is 2. The first-order valence-electron chi connectivity index (χ1n) is 7.85. The zero-order valence-corrected chi connectivity index (χ0v) is 12.6. The lowest BCUT2D eigenvalue weighted by Crippen LogP contribution is -2.55. The quantitative estimate of drug-likeness (QED) is 0.776. The van der Waals surface area contributed by atoms with Crippen molar-refractivity contribution in [1.82, 2.24) is 9.80 Å². The molecule has 3 nitrogen and oxygen atoms in total. The maximum Gasteiger partial charge on any atom is 0.222 e. The minimum atomic E-state index is 0.317. The summed E-state index contributed by atoms with van der Waals surface area (Å²) in [6.45, 7) is 4.72. The van der Waals surface area contributed by atoms with Gasteiger partial charge in [0.2, 0.25) is 5.91 Å². The highest BCUT2D eigenvalue weighted by Gasteiger charge is 2.41. The predicted molar refractivity (Wildman–Crippen MR) is 83.7 cm³/mol. The number of hydrogen-bond donors (Lipinski definition) is 0. The number of benzene rings is 1. The smallest absolute Gasteiger partial charge is 0.222 e. The average molecular weight is 282 g/mol. The maximum atomic E-state index is 12.0. The fourth-order valence-electron chi connectivity index (χ4n) is 3.48. The molecule has 0 aliphatic carbocycles. The molecule has 21 heavy (non-hydrogen) atoms. The van der Waals surface area contributed by atoms with Crippen molar-refractivity contribution < 1.29 is 4.79 Å². The number of rotatable bonds is 2. The Morgan fingerprint density at radius 1 is 1.19 bits per heavy atom. The SMILES string of the molecule is CCC(=O)N1[C@@H]2CC[C@@H]1CN(CC#Cc1ccccc1)C2. The summed E-state index contributed by atoms with van der Waals surface area (Å²) in [6, 6.07) is 10.9. The van der Waals surface area contributed by atoms with Gasteiger partial charge in [0.1, 0.15) is 0 Å². The number of fused-ring (bicyclic) bond motifs is 2. The van der Waals surface area contributed by atoms with Crippen LogP contribution in [-0.2, 0) is 4.79 Å². The highest BCUT2D eigenvalue weighted by atomic mass is 16.2. The van der Waals surface area contributed by atoms with Crippen LogP contribution in [0.25, 0.3) is 0 Å². The molecule has 2 aliphatic rings. The molecule has 1 aromatic carbocycles. The first-order valence-corrected chi connectivity index (χ1v) is 7.85. The number of hydrogen-bond acceptors (Lipinski definition) is 2. The highest BCUT2D eigenvalue weighted by molar-refractivity contribution is 5.77. The van der Waals surface area contributed by atoms with Crippen LogP contribution >= 0.6 is 0 Å². The van der Waals surface area contributed by atoms with Crippen molar-refractivity contribution in [2.75, 3.05) is 19.6 Å². The Bertz CT molecular complexity index is 544. The van der Waals surface area contributed by atoms with Gasteiger partial charge in [0.25, 0.3) is 0 Å². The molecule has 2 atom stereocenters. The zero-order chi connectivity index (χ0) is 14.7. The van der Waals surface area contributed by atoms with Crippen molar-refractivity contribution in [3.63, 3.8) is 0 Å². The van der Waals surface area contributed by atoms with Gasteiger partial charge in [-0.1, -0.05) is 37.0 Å². The molecule has 0 saturated carbocycles. The molecule has 2 bridgehead atoms. The molecule has 110 valence electrons. The van der Waals surface area contributed by atoms with Crippen molar-refractivity contribution in [2.24, 2.45) is 0 Å². The van der Waals surface area contributed by atoms with Crippen LogP contribution in [0.1, 0.15) is 31.7 Å². The van der Waals surface area contributed by atoms with E-state index in [2.05, 4.69) is 21.6 Å². The third-order valence-corrected chi connectivity index (χ3v) is 4.46. The molecule has 2 heterocycles. The van der Waals surface area contributed by atoms with E-state index in [1.807, 2.05) is 37.3 Å². The van der Waals surface area contributed by atoms with E-state index in [0.717, 1.165) is 38.0 Å². The van der Waals surface area contributed by atoms with E-state index < -0.39 is 0 Å². The molecule has 0 N–H and O–H groups in total. The van der Waals surface area contributed by atoms with Crippen molar-refractivity contribution in [2.45, 2.75) is 38.3 Å². The molecule has 1 amide bonds. The molecule has 0 spiro atoms. The second-order valence-corrected chi connectivity index (χ2v) is 5.90. The predicted octanol–water partition coefficient (Wildman–Crippen LogP) is 2.12. The molecule has 2 saturated heterocycles. The van der Waals surface area contributed by atoms with E-state index in [0.29, 0.717) is 24.4 Å². The second-order valence-electron chi connectivity index (χ2n) is 5.90. The maximum absolute atomic E-state index is 12.0. The summed E-state index contributed by atoms with van der Waals surface area (Å²) >= 11 is 0. The van der Waals surface area contributed by atoms with Crippen LogP contribution in [0.3, 0.4) is 0 Å². The molecule has 0 aromatic heterocycles. The van der Waals surface area contributed by atoms with Crippen LogP contribution < -0.4 is 0 Å². The van der Waals surface area contributed by atoms with Crippen LogP contribution in [0.15, 0.2) is 30.3 Å². The summed E-state index contributed by atoms with van der Waals surface area (Å²) in [6.07, 6.45) is 2.93. The third kappa shape index (κ3) is 3.11. The van der Waals surface area contributed by atoms with Gasteiger partial charge < -0.3 is 4.90 Å². The topological polar surface area (TPSA) is 23.6 Å². The van der Waals surface area contributed by atoms with Gasteiger partial charge in [-0.05, 0) is 25.0 Å². The fraction of sp³-hybridized carbons (Fsp3) is 0.500. The Morgan fingerprint density at radius 2 is 1.86 bits per heavy atom. The Kier molecular flexibility index (Phi) is 4.26. The molecule has 0 unspecified atom stereocenters. The largest absolute Gasteiger partial charge is 0.334 e. The summed E-state index contributed by atoms with van der Waals surface area (Å²) < 4.78 is 0. The molecule has 0 radical (unpaired) electrons. The van der Waals surface area contributed by atoms with E-state index >= 15 is 0 Å². The second kappa shape index (κ2) is 6.32. The Hall–Kier alpha value is -1.79. The first-order chi connectivity index (χ1) is 10.3. The molecule has 3 rings (SSSR count). The summed E-state index contributed by atoms with van der Waals surface area (Å²) in [5.74, 6) is 6.80. The van der Waals surface area contributed by atoms with Crippen LogP contribution in [0.4, 0.5) is 0 Å². The van der Waals surface area contributed by atoms with Gasteiger partial charge in [0, 0.05) is 37.2 Å². The first kappa shape index (κ1) is 14.2. The normalized spacial score (nSPS) is 24.5. The molecular weight excluding hydrogens is 260 g/mol. The Morgan fingerprint density at radius 3 is 2.48 bits per heavy atom. The van der Waals surface area contributed by atoms with Gasteiger partial charge in [0.05, 0.1) is 6.54 Å². The van der Waals surface area contributed by atoms with Crippen LogP contribution in [-0.4, -0.2) is 47.4 Å². The molecule has 2 aliphatic heterocycles. The zero-order valence-electron chi connectivity index (χ0n) is 12.6. The van der Waals surface area contributed by atoms with Gasteiger partial charge in [-0.2, -0.15) is 0 Å². The van der Waals surface area contributed by atoms with Crippen LogP contribution in [0.5, 0.6) is 0 Å². The van der Waals surface area contributed by atoms with Crippen LogP contribution in [0.2, 0.25) is 0 Å². The number of piperazine rings is 1. The van der Waals surface area contributed by atoms with E-state index in [9.17, 15) is 4.79 Å². The minimum absolute atomic E-state index is 0.317. The summed E-state index contributed by atoms with van der Waals surface area (Å²) in [4.78, 5) is 16.6. The molecule has 3 heteroatoms. The Balaban J connectivity index is 1.59. The standard InChI is InChI=1S/C18H22N2O/c1-2-18(21)20-16-10-11-17(20)14-19(13-16)12-6-9-15-7-4-3-5-8-15/h3-5,7-8,16-17H,2,10-14H2,1H3/t16-,17-/m1/s1. The van der Waals surface area contributed by atoms with E-state index in [1.54, 1.807) is 0 Å². The Labute approximate surface area is 126 Å². The molecule has 2 fully saturated rings. The van der Waals surface area contributed by atoms with Gasteiger partial charge in [-0.3, -0.25) is 9.69 Å². The van der Waals surface area contributed by atoms with Crippen molar-refractivity contribution in [1.29, 1.82) is 0 Å². The van der Waals surface area contributed by atoms with Crippen LogP contribution in [0, 0.1) is 11.8 Å². The highest BCUT2D eigenvalue weighted by Crippen LogP contribution is 2.30. The number of likely N-dealkylation sites (tertiary alicyclic amines) is 1. The lowest BCUT2D eigenvalue weighted by atomic mass is 10.1. The number of carbonyl (C=O) groups excluding carboxylic acids is 1. The lowest BCUT2D eigenvalue weighted by molar-refractivity contribution is -0.136. The molecular formula is C18H22N2O. The number of amides is 1. The fourth-order valence-corrected chi connectivity index (χ4v) is 3.48. The van der Waals surface area contributed by atoms with E-state index in [-0.39, 0.29) is 0 Å². The summed E-state index contributed by atoms with van der Waals surface area (Å²) in [7, 11) is 0. The van der Waals surface area contributed by atoms with Crippen molar-refractivity contribution >= 4 is 5.91 Å². The summed E-state index contributed by atoms with van der Waals surface area (Å²) in [5, 5.41) is 0. The van der Waals surface area contributed by atoms with E-state index in [4.69, 9.17) is 0 Å². The minimum Gasteiger partial charge on any atom is -0.334 e. The monoisotopic (exact) mass is 282 g/mol. The van der Waals surface area contributed by atoms with Gasteiger partial charge in [0.15, 0.2) is 0 Å². The van der Waals surface area contributed by atoms with Crippen molar-refractivity contribution in [3.05, 3.63) is 35.9 Å². The number of carbonyl (C=O) groups is 1. The van der Waals surface area contributed by atoms with Gasteiger partial charge >= 0.3 is 0 Å². The lowest BCUT2D eigenvalue weighted by Gasteiger charge is -2.40. The average Bonchev–Trinajstić information content (AvgIpc) is 2.78. The summed E-state index contributed by atoms with van der Waals surface area (Å²) in [5.41, 5.74) is 1.07. The van der Waals surface area contributed by atoms with Crippen molar-refractivity contribution in [3.8, 4) is 11.8 Å². The third-order valence-electron chi connectivity index (χ3n) is 4.46. The molecule has 1 aromatic rings. The van der Waals surface area contributed by atoms with Gasteiger partial charge in [-0.15, -0.1) is 0 Å².